The molecule has 1 N–H and O–H groups in total. The fourth-order valence-corrected chi connectivity index (χ4v) is 5.28. The zero-order chi connectivity index (χ0) is 21.4. The highest BCUT2D eigenvalue weighted by Crippen LogP contribution is 2.50. The molecule has 0 unspecified atom stereocenters. The van der Waals surface area contributed by atoms with Gasteiger partial charge in [-0.05, 0) is 88.3 Å². The Morgan fingerprint density at radius 3 is 2.68 bits per heavy atom. The van der Waals surface area contributed by atoms with Gasteiger partial charge in [0.1, 0.15) is 5.75 Å². The zero-order valence-corrected chi connectivity index (χ0v) is 19.3. The summed E-state index contributed by atoms with van der Waals surface area (Å²) in [6.07, 6.45) is 7.73. The molecular weight excluding hydrogens is 448 g/mol. The van der Waals surface area contributed by atoms with Crippen molar-refractivity contribution >= 4 is 33.5 Å². The van der Waals surface area contributed by atoms with Crippen molar-refractivity contribution in [2.75, 3.05) is 12.4 Å². The predicted molar refractivity (Wildman–Crippen MR) is 132 cm³/mol. The first-order chi connectivity index (χ1) is 15.1. The topological polar surface area (TPSA) is 33.6 Å². The molecule has 4 heteroatoms. The van der Waals surface area contributed by atoms with E-state index < -0.39 is 0 Å². The third-order valence-corrected chi connectivity index (χ3v) is 6.93. The SMILES string of the molecule is COc1ccc(C=Nc2ccc([C@@H]3Nc4ccc(C)cc4[C@H]4C=CC[C@H]43)cc2)cc1Br. The minimum absolute atomic E-state index is 0.311. The summed E-state index contributed by atoms with van der Waals surface area (Å²) in [5, 5.41) is 3.81. The van der Waals surface area contributed by atoms with Crippen LogP contribution in [0.3, 0.4) is 0 Å². The lowest BCUT2D eigenvalue weighted by molar-refractivity contribution is 0.412. The van der Waals surface area contributed by atoms with Crippen molar-refractivity contribution in [3.63, 3.8) is 0 Å². The van der Waals surface area contributed by atoms with Crippen molar-refractivity contribution in [3.05, 3.63) is 99.5 Å². The van der Waals surface area contributed by atoms with Gasteiger partial charge in [0, 0.05) is 17.8 Å². The number of fused-ring (bicyclic) bond motifs is 3. The number of benzene rings is 3. The number of methoxy groups -OCH3 is 1. The third-order valence-electron chi connectivity index (χ3n) is 6.31. The highest BCUT2D eigenvalue weighted by Gasteiger charge is 2.37. The minimum atomic E-state index is 0.311. The minimum Gasteiger partial charge on any atom is -0.496 e. The summed E-state index contributed by atoms with van der Waals surface area (Å²) in [4.78, 5) is 4.65. The summed E-state index contributed by atoms with van der Waals surface area (Å²) in [6, 6.07) is 21.6. The first-order valence-electron chi connectivity index (χ1n) is 10.6. The first kappa shape index (κ1) is 20.1. The van der Waals surface area contributed by atoms with Crippen molar-refractivity contribution < 1.29 is 4.74 Å². The number of halogens is 1. The molecule has 0 spiro atoms. The van der Waals surface area contributed by atoms with Crippen molar-refractivity contribution in [1.82, 2.24) is 0 Å². The summed E-state index contributed by atoms with van der Waals surface area (Å²) in [5.41, 5.74) is 7.30. The number of aryl methyl sites for hydroxylation is 1. The van der Waals surface area contributed by atoms with E-state index in [0.717, 1.165) is 27.9 Å². The second-order valence-electron chi connectivity index (χ2n) is 8.31. The van der Waals surface area contributed by atoms with Gasteiger partial charge in [0.2, 0.25) is 0 Å². The van der Waals surface area contributed by atoms with Crippen LogP contribution in [0.2, 0.25) is 0 Å². The van der Waals surface area contributed by atoms with Crippen molar-refractivity contribution in [1.29, 1.82) is 0 Å². The molecule has 156 valence electrons. The Balaban J connectivity index is 1.36. The molecule has 5 rings (SSSR count). The van der Waals surface area contributed by atoms with E-state index in [2.05, 4.69) is 87.8 Å². The van der Waals surface area contributed by atoms with Gasteiger partial charge in [-0.2, -0.15) is 0 Å². The summed E-state index contributed by atoms with van der Waals surface area (Å²) >= 11 is 3.53. The molecule has 0 saturated heterocycles. The molecule has 2 aliphatic rings. The highest BCUT2D eigenvalue weighted by atomic mass is 79.9. The maximum absolute atomic E-state index is 5.29. The van der Waals surface area contributed by atoms with E-state index in [1.807, 2.05) is 24.4 Å². The zero-order valence-electron chi connectivity index (χ0n) is 17.7. The molecule has 1 aliphatic heterocycles. The molecule has 3 atom stereocenters. The quantitative estimate of drug-likeness (QED) is 0.318. The summed E-state index contributed by atoms with van der Waals surface area (Å²) in [6.45, 7) is 2.17. The molecule has 3 aromatic carbocycles. The second kappa shape index (κ2) is 8.35. The standard InChI is InChI=1S/C27H25BrN2O/c1-17-6-12-25-23(14-17)21-4-3-5-22(21)27(30-25)19-8-10-20(11-9-19)29-16-18-7-13-26(31-2)24(28)15-18/h3-4,6-16,21-22,27,30H,5H2,1-2H3/t21-,22+,27-/m0/s1. The normalized spacial score (nSPS) is 21.6. The third kappa shape index (κ3) is 3.92. The number of aliphatic imine (C=N–C) groups is 1. The molecule has 0 radical (unpaired) electrons. The summed E-state index contributed by atoms with van der Waals surface area (Å²) < 4.78 is 6.21. The Bertz CT molecular complexity index is 1170. The number of hydrogen-bond donors (Lipinski definition) is 1. The summed E-state index contributed by atoms with van der Waals surface area (Å²) in [5.74, 6) is 1.87. The van der Waals surface area contributed by atoms with Gasteiger partial charge >= 0.3 is 0 Å². The Morgan fingerprint density at radius 1 is 1.06 bits per heavy atom. The van der Waals surface area contributed by atoms with E-state index >= 15 is 0 Å². The van der Waals surface area contributed by atoms with Gasteiger partial charge in [-0.1, -0.05) is 42.0 Å². The molecular formula is C27H25BrN2O. The molecule has 0 aromatic heterocycles. The van der Waals surface area contributed by atoms with E-state index in [1.54, 1.807) is 7.11 Å². The van der Waals surface area contributed by atoms with Crippen LogP contribution in [0.5, 0.6) is 5.75 Å². The Morgan fingerprint density at radius 2 is 1.90 bits per heavy atom. The van der Waals surface area contributed by atoms with E-state index in [4.69, 9.17) is 4.74 Å². The monoisotopic (exact) mass is 472 g/mol. The van der Waals surface area contributed by atoms with E-state index in [9.17, 15) is 0 Å². The van der Waals surface area contributed by atoms with Crippen molar-refractivity contribution in [2.24, 2.45) is 10.9 Å². The van der Waals surface area contributed by atoms with Crippen LogP contribution >= 0.6 is 15.9 Å². The van der Waals surface area contributed by atoms with Gasteiger partial charge in [0.05, 0.1) is 23.3 Å². The van der Waals surface area contributed by atoms with Crippen LogP contribution in [0.25, 0.3) is 0 Å². The molecule has 1 heterocycles. The van der Waals surface area contributed by atoms with Crippen LogP contribution in [-0.2, 0) is 0 Å². The Hall–Kier alpha value is -2.85. The van der Waals surface area contributed by atoms with Crippen LogP contribution in [0.1, 0.15) is 40.6 Å². The molecule has 3 aromatic rings. The largest absolute Gasteiger partial charge is 0.496 e. The molecule has 0 amide bonds. The number of nitrogens with zero attached hydrogens (tertiary/aromatic N) is 1. The average molecular weight is 473 g/mol. The van der Waals surface area contributed by atoms with Gasteiger partial charge in [0.15, 0.2) is 0 Å². The van der Waals surface area contributed by atoms with Gasteiger partial charge < -0.3 is 10.1 Å². The van der Waals surface area contributed by atoms with E-state index in [-0.39, 0.29) is 0 Å². The lowest BCUT2D eigenvalue weighted by atomic mass is 9.76. The first-order valence-corrected chi connectivity index (χ1v) is 11.4. The van der Waals surface area contributed by atoms with Crippen molar-refractivity contribution in [3.8, 4) is 5.75 Å². The average Bonchev–Trinajstić information content (AvgIpc) is 3.28. The van der Waals surface area contributed by atoms with Gasteiger partial charge in [-0.3, -0.25) is 4.99 Å². The number of rotatable bonds is 4. The Labute approximate surface area is 192 Å². The van der Waals surface area contributed by atoms with Crippen LogP contribution in [0, 0.1) is 12.8 Å². The Kier molecular flexibility index (Phi) is 5.41. The smallest absolute Gasteiger partial charge is 0.133 e. The van der Waals surface area contributed by atoms with Gasteiger partial charge in [0.25, 0.3) is 0 Å². The number of allylic oxidation sites excluding steroid dienone is 2. The molecule has 31 heavy (non-hydrogen) atoms. The maximum atomic E-state index is 5.29. The molecule has 3 nitrogen and oxygen atoms in total. The highest BCUT2D eigenvalue weighted by molar-refractivity contribution is 9.10. The fraction of sp³-hybridized carbons (Fsp3) is 0.222. The van der Waals surface area contributed by atoms with Crippen LogP contribution < -0.4 is 10.1 Å². The lowest BCUT2D eigenvalue weighted by Gasteiger charge is -2.37. The number of ether oxygens (including phenoxy) is 1. The van der Waals surface area contributed by atoms with E-state index in [1.165, 1.54) is 22.4 Å². The van der Waals surface area contributed by atoms with Crippen molar-refractivity contribution in [2.45, 2.75) is 25.3 Å². The maximum Gasteiger partial charge on any atom is 0.133 e. The van der Waals surface area contributed by atoms with Crippen LogP contribution in [-0.4, -0.2) is 13.3 Å². The van der Waals surface area contributed by atoms with Gasteiger partial charge in [-0.15, -0.1) is 0 Å². The lowest BCUT2D eigenvalue weighted by Crippen LogP contribution is -2.29. The number of nitrogens with one attached hydrogen (secondary N) is 1. The van der Waals surface area contributed by atoms with Gasteiger partial charge in [-0.25, -0.2) is 0 Å². The number of anilines is 1. The fourth-order valence-electron chi connectivity index (χ4n) is 4.72. The predicted octanol–water partition coefficient (Wildman–Crippen LogP) is 7.34. The van der Waals surface area contributed by atoms with Crippen LogP contribution in [0.15, 0.2) is 82.3 Å². The molecule has 0 saturated carbocycles. The van der Waals surface area contributed by atoms with Crippen LogP contribution in [0.4, 0.5) is 11.4 Å². The molecule has 0 bridgehead atoms. The summed E-state index contributed by atoms with van der Waals surface area (Å²) in [7, 11) is 1.67. The molecule has 1 aliphatic carbocycles. The number of hydrogen-bond acceptors (Lipinski definition) is 3. The van der Waals surface area contributed by atoms with E-state index in [0.29, 0.717) is 17.9 Å². The second-order valence-corrected chi connectivity index (χ2v) is 9.16. The molecule has 0 fully saturated rings.